The molecule has 8 heteroatoms. The summed E-state index contributed by atoms with van der Waals surface area (Å²) in [5.41, 5.74) is -0.115. The number of carbonyl (C=O) groups is 1. The summed E-state index contributed by atoms with van der Waals surface area (Å²) in [6.07, 6.45) is 2.02. The minimum atomic E-state index is -0.230. The molecule has 0 radical (unpaired) electrons. The van der Waals surface area contributed by atoms with Crippen LogP contribution in [0.15, 0.2) is 52.6 Å². The number of nitrogens with zero attached hydrogens (tertiary/aromatic N) is 3. The van der Waals surface area contributed by atoms with Crippen LogP contribution in [-0.2, 0) is 11.3 Å². The SMILES string of the molecule is O=C(COc1ccccc1)NCCn1nc(-c2cccs2)n(C2CC2)c1=O. The minimum Gasteiger partial charge on any atom is -0.484 e. The van der Waals surface area contributed by atoms with Gasteiger partial charge in [0.1, 0.15) is 5.75 Å². The number of rotatable bonds is 8. The number of nitrogens with one attached hydrogen (secondary N) is 1. The Kier molecular flexibility index (Phi) is 5.06. The van der Waals surface area contributed by atoms with Gasteiger partial charge < -0.3 is 10.1 Å². The van der Waals surface area contributed by atoms with Gasteiger partial charge in [-0.2, -0.15) is 0 Å². The molecule has 4 rings (SSSR count). The van der Waals surface area contributed by atoms with E-state index < -0.39 is 0 Å². The van der Waals surface area contributed by atoms with Gasteiger partial charge in [-0.3, -0.25) is 9.36 Å². The molecule has 7 nitrogen and oxygen atoms in total. The van der Waals surface area contributed by atoms with Crippen LogP contribution in [0.25, 0.3) is 10.7 Å². The molecular weight excluding hydrogens is 364 g/mol. The van der Waals surface area contributed by atoms with Crippen LogP contribution in [-0.4, -0.2) is 33.4 Å². The molecule has 1 N–H and O–H groups in total. The maximum atomic E-state index is 12.7. The Morgan fingerprint density at radius 2 is 2.04 bits per heavy atom. The van der Waals surface area contributed by atoms with E-state index in [9.17, 15) is 9.59 Å². The lowest BCUT2D eigenvalue weighted by molar-refractivity contribution is -0.123. The zero-order chi connectivity index (χ0) is 18.6. The summed E-state index contributed by atoms with van der Waals surface area (Å²) in [4.78, 5) is 25.6. The first-order valence-corrected chi connectivity index (χ1v) is 9.78. The van der Waals surface area contributed by atoms with E-state index in [1.807, 2.05) is 35.7 Å². The zero-order valence-corrected chi connectivity index (χ0v) is 15.5. The third-order valence-electron chi connectivity index (χ3n) is 4.28. The van der Waals surface area contributed by atoms with E-state index >= 15 is 0 Å². The Labute approximate surface area is 160 Å². The highest BCUT2D eigenvalue weighted by Gasteiger charge is 2.30. The summed E-state index contributed by atoms with van der Waals surface area (Å²) in [5, 5.41) is 9.24. The van der Waals surface area contributed by atoms with Gasteiger partial charge in [0.25, 0.3) is 5.91 Å². The number of hydrogen-bond acceptors (Lipinski definition) is 5. The molecule has 3 aromatic rings. The molecule has 0 bridgehead atoms. The molecule has 2 heterocycles. The lowest BCUT2D eigenvalue weighted by Crippen LogP contribution is -2.34. The quantitative estimate of drug-likeness (QED) is 0.646. The summed E-state index contributed by atoms with van der Waals surface area (Å²) in [5.74, 6) is 1.14. The van der Waals surface area contributed by atoms with Crippen LogP contribution >= 0.6 is 11.3 Å². The maximum Gasteiger partial charge on any atom is 0.346 e. The Hall–Kier alpha value is -2.87. The van der Waals surface area contributed by atoms with Gasteiger partial charge in [-0.15, -0.1) is 16.4 Å². The van der Waals surface area contributed by atoms with Crippen molar-refractivity contribution in [2.45, 2.75) is 25.4 Å². The molecule has 0 saturated heterocycles. The lowest BCUT2D eigenvalue weighted by atomic mass is 10.3. The van der Waals surface area contributed by atoms with E-state index in [4.69, 9.17) is 4.74 Å². The summed E-state index contributed by atoms with van der Waals surface area (Å²) in [6.45, 7) is 0.590. The van der Waals surface area contributed by atoms with Crippen molar-refractivity contribution in [3.05, 3.63) is 58.3 Å². The van der Waals surface area contributed by atoms with Gasteiger partial charge in [0.2, 0.25) is 0 Å². The number of thiophene rings is 1. The standard InChI is InChI=1S/C19H20N4O3S/c24-17(13-26-15-5-2-1-3-6-15)20-10-11-22-19(25)23(14-8-9-14)18(21-22)16-7-4-12-27-16/h1-7,12,14H,8-11,13H2,(H,20,24). The van der Waals surface area contributed by atoms with Gasteiger partial charge >= 0.3 is 5.69 Å². The van der Waals surface area contributed by atoms with Gasteiger partial charge in [-0.1, -0.05) is 24.3 Å². The van der Waals surface area contributed by atoms with Crippen molar-refractivity contribution in [2.24, 2.45) is 0 Å². The van der Waals surface area contributed by atoms with Crippen molar-refractivity contribution in [2.75, 3.05) is 13.2 Å². The summed E-state index contributed by atoms with van der Waals surface area (Å²) < 4.78 is 8.63. The highest BCUT2D eigenvalue weighted by molar-refractivity contribution is 7.13. The fourth-order valence-corrected chi connectivity index (χ4v) is 3.52. The van der Waals surface area contributed by atoms with Crippen LogP contribution in [0.1, 0.15) is 18.9 Å². The van der Waals surface area contributed by atoms with Crippen molar-refractivity contribution in [3.63, 3.8) is 0 Å². The van der Waals surface area contributed by atoms with Gasteiger partial charge in [-0.05, 0) is 36.4 Å². The Balaban J connectivity index is 1.35. The maximum absolute atomic E-state index is 12.7. The van der Waals surface area contributed by atoms with Crippen molar-refractivity contribution < 1.29 is 9.53 Å². The molecule has 1 amide bonds. The van der Waals surface area contributed by atoms with Crippen molar-refractivity contribution in [1.82, 2.24) is 19.7 Å². The van der Waals surface area contributed by atoms with Crippen LogP contribution < -0.4 is 15.7 Å². The topological polar surface area (TPSA) is 78.2 Å². The number of ether oxygens (including phenoxy) is 1. The van der Waals surface area contributed by atoms with Crippen LogP contribution in [0.4, 0.5) is 0 Å². The molecule has 0 aliphatic heterocycles. The Morgan fingerprint density at radius 3 is 2.74 bits per heavy atom. The third kappa shape index (κ3) is 4.11. The van der Waals surface area contributed by atoms with E-state index in [0.717, 1.165) is 23.5 Å². The molecule has 0 unspecified atom stereocenters. The highest BCUT2D eigenvalue weighted by atomic mass is 32.1. The van der Waals surface area contributed by atoms with E-state index in [0.29, 0.717) is 18.8 Å². The average molecular weight is 384 g/mol. The fourth-order valence-electron chi connectivity index (χ4n) is 2.82. The van der Waals surface area contributed by atoms with Crippen LogP contribution in [0.2, 0.25) is 0 Å². The first-order valence-electron chi connectivity index (χ1n) is 8.90. The van der Waals surface area contributed by atoms with Crippen molar-refractivity contribution in [1.29, 1.82) is 0 Å². The summed E-state index contributed by atoms with van der Waals surface area (Å²) >= 11 is 1.57. The number of aromatic nitrogens is 3. The molecule has 1 aliphatic rings. The van der Waals surface area contributed by atoms with Crippen LogP contribution in [0, 0.1) is 0 Å². The van der Waals surface area contributed by atoms with E-state index in [2.05, 4.69) is 10.4 Å². The van der Waals surface area contributed by atoms with Crippen LogP contribution in [0.5, 0.6) is 5.75 Å². The highest BCUT2D eigenvalue weighted by Crippen LogP contribution is 2.37. The summed E-state index contributed by atoms with van der Waals surface area (Å²) in [7, 11) is 0. The second kappa shape index (κ2) is 7.79. The largest absolute Gasteiger partial charge is 0.484 e. The molecule has 0 atom stereocenters. The number of carbonyl (C=O) groups excluding carboxylic acids is 1. The van der Waals surface area contributed by atoms with E-state index in [1.54, 1.807) is 28.0 Å². The smallest absolute Gasteiger partial charge is 0.346 e. The number of hydrogen-bond donors (Lipinski definition) is 1. The molecule has 140 valence electrons. The van der Waals surface area contributed by atoms with Gasteiger partial charge in [0.05, 0.1) is 11.4 Å². The molecule has 1 aromatic carbocycles. The summed E-state index contributed by atoms with van der Waals surface area (Å²) in [6, 6.07) is 13.3. The molecule has 1 fully saturated rings. The molecule has 2 aromatic heterocycles. The predicted octanol–water partition coefficient (Wildman–Crippen LogP) is 2.30. The first kappa shape index (κ1) is 17.5. The second-order valence-corrected chi connectivity index (χ2v) is 7.31. The Bertz CT molecular complexity index is 959. The van der Waals surface area contributed by atoms with Gasteiger partial charge in [0.15, 0.2) is 12.4 Å². The zero-order valence-electron chi connectivity index (χ0n) is 14.7. The normalized spacial score (nSPS) is 13.5. The van der Waals surface area contributed by atoms with Gasteiger partial charge in [0, 0.05) is 12.6 Å². The lowest BCUT2D eigenvalue weighted by Gasteiger charge is -2.07. The van der Waals surface area contributed by atoms with Crippen LogP contribution in [0.3, 0.4) is 0 Å². The number of amides is 1. The van der Waals surface area contributed by atoms with Crippen molar-refractivity contribution in [3.8, 4) is 16.5 Å². The van der Waals surface area contributed by atoms with E-state index in [1.165, 1.54) is 4.68 Å². The number of benzene rings is 1. The molecular formula is C19H20N4O3S. The second-order valence-electron chi connectivity index (χ2n) is 6.36. The monoisotopic (exact) mass is 384 g/mol. The van der Waals surface area contributed by atoms with Gasteiger partial charge in [-0.25, -0.2) is 9.48 Å². The molecule has 0 spiro atoms. The fraction of sp³-hybridized carbons (Fsp3) is 0.316. The van der Waals surface area contributed by atoms with E-state index in [-0.39, 0.29) is 24.2 Å². The molecule has 1 saturated carbocycles. The average Bonchev–Trinajstić information content (AvgIpc) is 3.26. The number of para-hydroxylation sites is 1. The molecule has 27 heavy (non-hydrogen) atoms. The van der Waals surface area contributed by atoms with Crippen molar-refractivity contribution >= 4 is 17.2 Å². The minimum absolute atomic E-state index is 0.0597. The molecule has 1 aliphatic carbocycles. The predicted molar refractivity (Wildman–Crippen MR) is 103 cm³/mol. The Morgan fingerprint density at radius 1 is 1.22 bits per heavy atom. The first-order chi connectivity index (χ1) is 13.2. The third-order valence-corrected chi connectivity index (χ3v) is 5.15.